The molecule has 0 aliphatic carbocycles. The number of hydrogen-bond acceptors (Lipinski definition) is 2. The zero-order valence-corrected chi connectivity index (χ0v) is 8.55. The van der Waals surface area contributed by atoms with E-state index in [-0.39, 0.29) is 0 Å². The Labute approximate surface area is 78.2 Å². The summed E-state index contributed by atoms with van der Waals surface area (Å²) in [5, 5.41) is 0. The Morgan fingerprint density at radius 2 is 0.833 bits per heavy atom. The van der Waals surface area contributed by atoms with Gasteiger partial charge >= 0.3 is 0 Å². The fourth-order valence-corrected chi connectivity index (χ4v) is 1.75. The molecule has 0 aromatic heterocycles. The van der Waals surface area contributed by atoms with E-state index in [9.17, 15) is 0 Å². The van der Waals surface area contributed by atoms with Gasteiger partial charge in [-0.25, -0.2) is 0 Å². The van der Waals surface area contributed by atoms with Crippen molar-refractivity contribution in [1.29, 1.82) is 0 Å². The predicted molar refractivity (Wildman–Crippen MR) is 58.7 cm³/mol. The molecule has 0 amide bonds. The zero-order chi connectivity index (χ0) is 8.81. The Morgan fingerprint density at radius 3 is 1.08 bits per heavy atom. The SMILES string of the molecule is BN1CCCCN(B)CCCC1. The molecule has 0 atom stereocenters. The third kappa shape index (κ3) is 4.17. The molecule has 1 saturated heterocycles. The third-order valence-corrected chi connectivity index (χ3v) is 2.66. The van der Waals surface area contributed by atoms with Crippen molar-refractivity contribution in [2.24, 2.45) is 0 Å². The molecule has 0 radical (unpaired) electrons. The summed E-state index contributed by atoms with van der Waals surface area (Å²) in [6.45, 7) is 5.14. The molecule has 2 nitrogen and oxygen atoms in total. The second-order valence-electron chi connectivity index (χ2n) is 4.02. The van der Waals surface area contributed by atoms with Crippen LogP contribution in [0.15, 0.2) is 0 Å². The summed E-state index contributed by atoms with van der Waals surface area (Å²) < 4.78 is 0. The molecule has 68 valence electrons. The highest BCUT2D eigenvalue weighted by atomic mass is 15.0. The minimum atomic E-state index is 1.29. The monoisotopic (exact) mass is 166 g/mol. The minimum absolute atomic E-state index is 1.29. The van der Waals surface area contributed by atoms with Gasteiger partial charge < -0.3 is 9.62 Å². The average Bonchev–Trinajstić information content (AvgIpc) is 2.06. The van der Waals surface area contributed by atoms with Crippen LogP contribution in [-0.2, 0) is 0 Å². The topological polar surface area (TPSA) is 6.48 Å². The van der Waals surface area contributed by atoms with Gasteiger partial charge in [-0.05, 0) is 51.9 Å². The molecule has 0 saturated carbocycles. The Bertz CT molecular complexity index is 95.6. The van der Waals surface area contributed by atoms with E-state index in [4.69, 9.17) is 0 Å². The molecule has 0 N–H and O–H groups in total. The first kappa shape index (κ1) is 10.1. The fraction of sp³-hybridized carbons (Fsp3) is 1.00. The summed E-state index contributed by atoms with van der Waals surface area (Å²) in [4.78, 5) is 4.93. The van der Waals surface area contributed by atoms with E-state index in [1.54, 1.807) is 0 Å². The third-order valence-electron chi connectivity index (χ3n) is 2.66. The number of hydrogen-bond donors (Lipinski definition) is 0. The van der Waals surface area contributed by atoms with Crippen LogP contribution < -0.4 is 0 Å². The quantitative estimate of drug-likeness (QED) is 0.437. The predicted octanol–water partition coefficient (Wildman–Crippen LogP) is -0.739. The molecular formula is C8H20B2N2. The van der Waals surface area contributed by atoms with Crippen molar-refractivity contribution in [3.63, 3.8) is 0 Å². The molecule has 0 spiro atoms. The van der Waals surface area contributed by atoms with Crippen molar-refractivity contribution in [3.05, 3.63) is 0 Å². The fourth-order valence-electron chi connectivity index (χ4n) is 1.75. The van der Waals surface area contributed by atoms with Gasteiger partial charge in [0.2, 0.25) is 0 Å². The van der Waals surface area contributed by atoms with Crippen molar-refractivity contribution in [1.82, 2.24) is 9.62 Å². The van der Waals surface area contributed by atoms with Gasteiger partial charge in [0.1, 0.15) is 0 Å². The Kier molecular flexibility index (Phi) is 4.77. The summed E-state index contributed by atoms with van der Waals surface area (Å²) in [7, 11) is 4.48. The lowest BCUT2D eigenvalue weighted by Crippen LogP contribution is -2.29. The van der Waals surface area contributed by atoms with E-state index in [2.05, 4.69) is 25.6 Å². The molecular weight excluding hydrogens is 146 g/mol. The van der Waals surface area contributed by atoms with Crippen LogP contribution >= 0.6 is 0 Å². The first-order valence-electron chi connectivity index (χ1n) is 5.16. The summed E-state index contributed by atoms with van der Waals surface area (Å²) in [6, 6.07) is 0. The molecule has 12 heavy (non-hydrogen) atoms. The van der Waals surface area contributed by atoms with E-state index in [0.717, 1.165) is 0 Å². The summed E-state index contributed by atoms with van der Waals surface area (Å²) in [5.74, 6) is 0. The smallest absolute Gasteiger partial charge is 0.185 e. The summed E-state index contributed by atoms with van der Waals surface area (Å²) in [6.07, 6.45) is 5.45. The van der Waals surface area contributed by atoms with E-state index >= 15 is 0 Å². The lowest BCUT2D eigenvalue weighted by Gasteiger charge is -2.22. The van der Waals surface area contributed by atoms with Crippen LogP contribution in [0.2, 0.25) is 0 Å². The molecule has 0 aromatic carbocycles. The molecule has 0 unspecified atom stereocenters. The van der Waals surface area contributed by atoms with Crippen LogP contribution in [0.4, 0.5) is 0 Å². The lowest BCUT2D eigenvalue weighted by molar-refractivity contribution is 0.352. The van der Waals surface area contributed by atoms with E-state index in [0.29, 0.717) is 0 Å². The van der Waals surface area contributed by atoms with E-state index < -0.39 is 0 Å². The van der Waals surface area contributed by atoms with Gasteiger partial charge in [0.25, 0.3) is 0 Å². The molecule has 1 rings (SSSR count). The van der Waals surface area contributed by atoms with Crippen molar-refractivity contribution in [3.8, 4) is 0 Å². The molecule has 0 aromatic rings. The van der Waals surface area contributed by atoms with Crippen molar-refractivity contribution in [2.45, 2.75) is 25.7 Å². The van der Waals surface area contributed by atoms with Gasteiger partial charge in [0, 0.05) is 0 Å². The van der Waals surface area contributed by atoms with Crippen LogP contribution in [0.5, 0.6) is 0 Å². The maximum absolute atomic E-state index is 2.46. The molecule has 1 aliphatic heterocycles. The van der Waals surface area contributed by atoms with Gasteiger partial charge in [0.05, 0.1) is 0 Å². The first-order valence-corrected chi connectivity index (χ1v) is 5.16. The average molecular weight is 166 g/mol. The van der Waals surface area contributed by atoms with Crippen LogP contribution in [0.3, 0.4) is 0 Å². The first-order chi connectivity index (χ1) is 5.79. The van der Waals surface area contributed by atoms with Crippen LogP contribution in [-0.4, -0.2) is 51.8 Å². The minimum Gasteiger partial charge on any atom is -0.349 e. The second-order valence-corrected chi connectivity index (χ2v) is 4.02. The van der Waals surface area contributed by atoms with E-state index in [1.807, 2.05) is 0 Å². The molecule has 0 bridgehead atoms. The van der Waals surface area contributed by atoms with Crippen molar-refractivity contribution in [2.75, 3.05) is 26.2 Å². The molecule has 4 heteroatoms. The lowest BCUT2D eigenvalue weighted by atomic mass is 10.1. The van der Waals surface area contributed by atoms with Crippen molar-refractivity contribution < 1.29 is 0 Å². The highest BCUT2D eigenvalue weighted by Gasteiger charge is 2.03. The maximum Gasteiger partial charge on any atom is 0.185 e. The molecule has 1 aliphatic rings. The normalized spacial score (nSPS) is 25.3. The van der Waals surface area contributed by atoms with E-state index in [1.165, 1.54) is 51.9 Å². The standard InChI is InChI=1S/C8H20B2N2/c9-11-5-1-2-6-12(10)8-4-3-7-11/h1-10H2. The number of nitrogens with zero attached hydrogens (tertiary/aromatic N) is 2. The summed E-state index contributed by atoms with van der Waals surface area (Å²) >= 11 is 0. The highest BCUT2D eigenvalue weighted by molar-refractivity contribution is 6.04. The molecule has 1 fully saturated rings. The van der Waals surface area contributed by atoms with Crippen LogP contribution in [0.1, 0.15) is 25.7 Å². The highest BCUT2D eigenvalue weighted by Crippen LogP contribution is 2.01. The molecule has 1 heterocycles. The second kappa shape index (κ2) is 5.65. The van der Waals surface area contributed by atoms with Gasteiger partial charge in [-0.1, -0.05) is 0 Å². The zero-order valence-electron chi connectivity index (χ0n) is 8.55. The Hall–Kier alpha value is 0.0499. The van der Waals surface area contributed by atoms with Gasteiger partial charge in [-0.2, -0.15) is 0 Å². The Balaban J connectivity index is 2.20. The van der Waals surface area contributed by atoms with Gasteiger partial charge in [-0.15, -0.1) is 0 Å². The van der Waals surface area contributed by atoms with Gasteiger partial charge in [0.15, 0.2) is 16.0 Å². The number of rotatable bonds is 0. The maximum atomic E-state index is 2.46. The largest absolute Gasteiger partial charge is 0.349 e. The van der Waals surface area contributed by atoms with Crippen LogP contribution in [0.25, 0.3) is 0 Å². The van der Waals surface area contributed by atoms with Crippen LogP contribution in [0, 0.1) is 0 Å². The van der Waals surface area contributed by atoms with Crippen molar-refractivity contribution >= 4 is 16.0 Å². The Morgan fingerprint density at radius 1 is 0.583 bits per heavy atom. The summed E-state index contributed by atoms with van der Waals surface area (Å²) in [5.41, 5.74) is 0. The van der Waals surface area contributed by atoms with Gasteiger partial charge in [-0.3, -0.25) is 0 Å².